The van der Waals surface area contributed by atoms with Crippen molar-refractivity contribution in [3.63, 3.8) is 0 Å². The molecule has 2 rings (SSSR count). The van der Waals surface area contributed by atoms with Crippen molar-refractivity contribution in [1.82, 2.24) is 4.90 Å². The normalized spacial score (nSPS) is 15.8. The van der Waals surface area contributed by atoms with Crippen LogP contribution in [0.4, 0.5) is 4.39 Å². The molecule has 0 saturated heterocycles. The van der Waals surface area contributed by atoms with Crippen LogP contribution in [0.5, 0.6) is 0 Å². The number of halogens is 1. The summed E-state index contributed by atoms with van der Waals surface area (Å²) < 4.78 is 13.1. The highest BCUT2D eigenvalue weighted by Gasteiger charge is 2.28. The van der Waals surface area contributed by atoms with Crippen LogP contribution in [0.25, 0.3) is 0 Å². The fourth-order valence-corrected chi connectivity index (χ4v) is 1.99. The van der Waals surface area contributed by atoms with Gasteiger partial charge < -0.3 is 5.11 Å². The standard InChI is InChI=1S/C13H18FNO/c1-10-2-3-12(14)8-11(10)9-15(6-7-16)13-4-5-13/h2-3,8,13,16H,4-7,9H2,1H3. The Morgan fingerprint density at radius 2 is 2.19 bits per heavy atom. The number of aliphatic hydroxyl groups excluding tert-OH is 1. The average Bonchev–Trinajstić information content (AvgIpc) is 3.06. The molecule has 0 atom stereocenters. The number of nitrogens with zero attached hydrogens (tertiary/aromatic N) is 1. The van der Waals surface area contributed by atoms with Gasteiger partial charge in [-0.05, 0) is 43.0 Å². The number of aliphatic hydroxyl groups is 1. The zero-order valence-corrected chi connectivity index (χ0v) is 9.62. The Kier molecular flexibility index (Phi) is 3.56. The van der Waals surface area contributed by atoms with Gasteiger partial charge in [0.25, 0.3) is 0 Å². The maximum atomic E-state index is 13.1. The van der Waals surface area contributed by atoms with Crippen LogP contribution in [0.15, 0.2) is 18.2 Å². The van der Waals surface area contributed by atoms with Crippen LogP contribution in [-0.4, -0.2) is 29.2 Å². The molecule has 16 heavy (non-hydrogen) atoms. The Morgan fingerprint density at radius 1 is 1.44 bits per heavy atom. The van der Waals surface area contributed by atoms with E-state index in [9.17, 15) is 4.39 Å². The molecule has 0 unspecified atom stereocenters. The van der Waals surface area contributed by atoms with E-state index in [2.05, 4.69) is 4.90 Å². The van der Waals surface area contributed by atoms with Crippen molar-refractivity contribution >= 4 is 0 Å². The molecule has 1 N–H and O–H groups in total. The van der Waals surface area contributed by atoms with Crippen molar-refractivity contribution in [3.05, 3.63) is 35.1 Å². The third kappa shape index (κ3) is 2.80. The summed E-state index contributed by atoms with van der Waals surface area (Å²) in [5.41, 5.74) is 2.14. The van der Waals surface area contributed by atoms with Crippen LogP contribution >= 0.6 is 0 Å². The Morgan fingerprint density at radius 3 is 2.81 bits per heavy atom. The highest BCUT2D eigenvalue weighted by Crippen LogP contribution is 2.28. The van der Waals surface area contributed by atoms with Crippen LogP contribution < -0.4 is 0 Å². The minimum absolute atomic E-state index is 0.171. The second kappa shape index (κ2) is 4.93. The second-order valence-corrected chi connectivity index (χ2v) is 4.50. The summed E-state index contributed by atoms with van der Waals surface area (Å²) in [7, 11) is 0. The average molecular weight is 223 g/mol. The quantitative estimate of drug-likeness (QED) is 0.826. The molecule has 0 heterocycles. The van der Waals surface area contributed by atoms with E-state index < -0.39 is 0 Å². The van der Waals surface area contributed by atoms with Gasteiger partial charge in [0.1, 0.15) is 5.82 Å². The molecule has 88 valence electrons. The van der Waals surface area contributed by atoms with Gasteiger partial charge in [-0.1, -0.05) is 6.07 Å². The molecular weight excluding hydrogens is 205 g/mol. The smallest absolute Gasteiger partial charge is 0.123 e. The van der Waals surface area contributed by atoms with Gasteiger partial charge in [-0.2, -0.15) is 0 Å². The minimum Gasteiger partial charge on any atom is -0.395 e. The molecule has 0 aromatic heterocycles. The van der Waals surface area contributed by atoms with Crippen molar-refractivity contribution in [2.45, 2.75) is 32.4 Å². The molecule has 2 nitrogen and oxygen atoms in total. The van der Waals surface area contributed by atoms with Crippen LogP contribution in [-0.2, 0) is 6.54 Å². The monoisotopic (exact) mass is 223 g/mol. The summed E-state index contributed by atoms with van der Waals surface area (Å²) in [5.74, 6) is -0.180. The molecule has 1 aliphatic carbocycles. The van der Waals surface area contributed by atoms with E-state index in [0.29, 0.717) is 12.6 Å². The molecule has 3 heteroatoms. The Balaban J connectivity index is 2.08. The van der Waals surface area contributed by atoms with Gasteiger partial charge in [0.15, 0.2) is 0 Å². The van der Waals surface area contributed by atoms with E-state index in [1.165, 1.54) is 18.9 Å². The van der Waals surface area contributed by atoms with Crippen LogP contribution in [0.1, 0.15) is 24.0 Å². The van der Waals surface area contributed by atoms with E-state index in [1.807, 2.05) is 13.0 Å². The molecule has 1 saturated carbocycles. The number of aryl methyl sites for hydroxylation is 1. The van der Waals surface area contributed by atoms with Gasteiger partial charge in [0, 0.05) is 19.1 Å². The third-order valence-electron chi connectivity index (χ3n) is 3.14. The molecule has 0 radical (unpaired) electrons. The highest BCUT2D eigenvalue weighted by atomic mass is 19.1. The SMILES string of the molecule is Cc1ccc(F)cc1CN(CCO)C1CC1. The van der Waals surface area contributed by atoms with E-state index in [0.717, 1.165) is 17.7 Å². The lowest BCUT2D eigenvalue weighted by Gasteiger charge is -2.21. The van der Waals surface area contributed by atoms with Gasteiger partial charge in [-0.3, -0.25) is 4.90 Å². The van der Waals surface area contributed by atoms with E-state index >= 15 is 0 Å². The molecule has 1 aromatic rings. The maximum absolute atomic E-state index is 13.1. The van der Waals surface area contributed by atoms with Crippen molar-refractivity contribution in [1.29, 1.82) is 0 Å². The molecular formula is C13H18FNO. The van der Waals surface area contributed by atoms with Gasteiger partial charge in [0.05, 0.1) is 6.61 Å². The second-order valence-electron chi connectivity index (χ2n) is 4.50. The molecule has 1 aliphatic rings. The minimum atomic E-state index is -0.180. The molecule has 1 fully saturated rings. The summed E-state index contributed by atoms with van der Waals surface area (Å²) in [6.45, 7) is 3.60. The summed E-state index contributed by atoms with van der Waals surface area (Å²) in [6, 6.07) is 5.50. The van der Waals surface area contributed by atoms with Gasteiger partial charge >= 0.3 is 0 Å². The zero-order chi connectivity index (χ0) is 11.5. The predicted octanol–water partition coefficient (Wildman–Crippen LogP) is 2.09. The number of hydrogen-bond donors (Lipinski definition) is 1. The fourth-order valence-electron chi connectivity index (χ4n) is 1.99. The Bertz CT molecular complexity index is 363. The number of benzene rings is 1. The van der Waals surface area contributed by atoms with E-state index in [-0.39, 0.29) is 12.4 Å². The fraction of sp³-hybridized carbons (Fsp3) is 0.538. The van der Waals surface area contributed by atoms with E-state index in [1.54, 1.807) is 6.07 Å². The lowest BCUT2D eigenvalue weighted by molar-refractivity contribution is 0.183. The van der Waals surface area contributed by atoms with E-state index in [4.69, 9.17) is 5.11 Å². The topological polar surface area (TPSA) is 23.5 Å². The Hall–Kier alpha value is -0.930. The van der Waals surface area contributed by atoms with Crippen molar-refractivity contribution < 1.29 is 9.50 Å². The molecule has 0 aliphatic heterocycles. The van der Waals surface area contributed by atoms with Crippen molar-refractivity contribution in [2.24, 2.45) is 0 Å². The predicted molar refractivity (Wildman–Crippen MR) is 61.7 cm³/mol. The Labute approximate surface area is 95.7 Å². The largest absolute Gasteiger partial charge is 0.395 e. The van der Waals surface area contributed by atoms with Gasteiger partial charge in [-0.25, -0.2) is 4.39 Å². The van der Waals surface area contributed by atoms with Crippen molar-refractivity contribution in [2.75, 3.05) is 13.2 Å². The maximum Gasteiger partial charge on any atom is 0.123 e. The van der Waals surface area contributed by atoms with Crippen LogP contribution in [0.2, 0.25) is 0 Å². The van der Waals surface area contributed by atoms with Crippen LogP contribution in [0, 0.1) is 12.7 Å². The first-order chi connectivity index (χ1) is 7.70. The first-order valence-corrected chi connectivity index (χ1v) is 5.80. The molecule has 1 aromatic carbocycles. The lowest BCUT2D eigenvalue weighted by atomic mass is 10.1. The molecule has 0 bridgehead atoms. The third-order valence-corrected chi connectivity index (χ3v) is 3.14. The van der Waals surface area contributed by atoms with Gasteiger partial charge in [-0.15, -0.1) is 0 Å². The van der Waals surface area contributed by atoms with Gasteiger partial charge in [0.2, 0.25) is 0 Å². The summed E-state index contributed by atoms with van der Waals surface area (Å²) in [6.07, 6.45) is 2.41. The summed E-state index contributed by atoms with van der Waals surface area (Å²) >= 11 is 0. The molecule has 0 spiro atoms. The molecule has 0 amide bonds. The number of rotatable bonds is 5. The first-order valence-electron chi connectivity index (χ1n) is 5.80. The lowest BCUT2D eigenvalue weighted by Crippen LogP contribution is -2.28. The summed E-state index contributed by atoms with van der Waals surface area (Å²) in [5, 5.41) is 9.00. The summed E-state index contributed by atoms with van der Waals surface area (Å²) in [4.78, 5) is 2.24. The number of hydrogen-bond acceptors (Lipinski definition) is 2. The zero-order valence-electron chi connectivity index (χ0n) is 9.62. The van der Waals surface area contributed by atoms with Crippen molar-refractivity contribution in [3.8, 4) is 0 Å². The first kappa shape index (κ1) is 11.6. The van der Waals surface area contributed by atoms with Crippen LogP contribution in [0.3, 0.4) is 0 Å². The highest BCUT2D eigenvalue weighted by molar-refractivity contribution is 5.26.